The predicted octanol–water partition coefficient (Wildman–Crippen LogP) is 5.40. The van der Waals surface area contributed by atoms with Gasteiger partial charge in [-0.25, -0.2) is 4.39 Å². The quantitative estimate of drug-likeness (QED) is 0.564. The second-order valence-electron chi connectivity index (χ2n) is 4.02. The van der Waals surface area contributed by atoms with Crippen LogP contribution in [0, 0.1) is 12.7 Å². The molecule has 1 heterocycles. The molecule has 1 aromatic carbocycles. The van der Waals surface area contributed by atoms with E-state index in [0.717, 1.165) is 20.0 Å². The van der Waals surface area contributed by atoms with Gasteiger partial charge in [0.25, 0.3) is 0 Å². The summed E-state index contributed by atoms with van der Waals surface area (Å²) in [7, 11) is 0. The van der Waals surface area contributed by atoms with Gasteiger partial charge in [-0.3, -0.25) is 0 Å². The van der Waals surface area contributed by atoms with E-state index < -0.39 is 0 Å². The van der Waals surface area contributed by atoms with Crippen LogP contribution >= 0.6 is 47.8 Å². The first-order valence-electron chi connectivity index (χ1n) is 5.38. The average molecular weight is 440 g/mol. The zero-order valence-corrected chi connectivity index (χ0v) is 14.4. The van der Waals surface area contributed by atoms with Crippen molar-refractivity contribution in [2.75, 3.05) is 0 Å². The first-order chi connectivity index (χ1) is 8.54. The van der Waals surface area contributed by atoms with E-state index in [-0.39, 0.29) is 5.82 Å². The minimum atomic E-state index is -0.205. The molecule has 0 N–H and O–H groups in total. The van der Waals surface area contributed by atoms with Gasteiger partial charge in [0.2, 0.25) is 0 Å². The molecular weight excluding hydrogens is 429 g/mol. The fourth-order valence-electron chi connectivity index (χ4n) is 1.83. The lowest BCUT2D eigenvalue weighted by molar-refractivity contribution is 0.626. The maximum Gasteiger partial charge on any atom is 0.123 e. The third-order valence-electron chi connectivity index (χ3n) is 2.89. The fourth-order valence-corrected chi connectivity index (χ4v) is 3.63. The van der Waals surface area contributed by atoms with Crippen molar-refractivity contribution < 1.29 is 4.39 Å². The Bertz CT molecular complexity index is 561. The van der Waals surface area contributed by atoms with Crippen LogP contribution in [-0.2, 0) is 11.9 Å². The second kappa shape index (κ2) is 5.88. The molecule has 0 fully saturated rings. The molecule has 2 aromatic rings. The SMILES string of the molecule is Cc1c(Br)c(Br)n(Cc2ccc(F)cc2)c1CBr. The monoisotopic (exact) mass is 437 g/mol. The summed E-state index contributed by atoms with van der Waals surface area (Å²) in [5, 5.41) is 0.782. The lowest BCUT2D eigenvalue weighted by Crippen LogP contribution is -2.04. The van der Waals surface area contributed by atoms with E-state index >= 15 is 0 Å². The molecule has 0 aliphatic heterocycles. The predicted molar refractivity (Wildman–Crippen MR) is 82.7 cm³/mol. The molecular formula is C13H11Br3FN. The summed E-state index contributed by atoms with van der Waals surface area (Å²) >= 11 is 10.7. The molecule has 1 nitrogen and oxygen atoms in total. The van der Waals surface area contributed by atoms with Crippen molar-refractivity contribution in [2.24, 2.45) is 0 Å². The molecule has 0 saturated carbocycles. The summed E-state index contributed by atoms with van der Waals surface area (Å²) in [5.74, 6) is -0.205. The minimum absolute atomic E-state index is 0.205. The maximum absolute atomic E-state index is 12.9. The Balaban J connectivity index is 2.39. The molecule has 96 valence electrons. The van der Waals surface area contributed by atoms with Crippen molar-refractivity contribution in [2.45, 2.75) is 18.8 Å². The summed E-state index contributed by atoms with van der Waals surface area (Å²) < 4.78 is 17.1. The van der Waals surface area contributed by atoms with Crippen LogP contribution in [0.5, 0.6) is 0 Å². The Labute approximate surface area is 131 Å². The molecule has 0 bridgehead atoms. The molecule has 0 aliphatic rings. The zero-order chi connectivity index (χ0) is 13.3. The number of benzene rings is 1. The molecule has 5 heteroatoms. The first kappa shape index (κ1) is 14.3. The van der Waals surface area contributed by atoms with Crippen molar-refractivity contribution >= 4 is 47.8 Å². The molecule has 1 aromatic heterocycles. The standard InChI is InChI=1S/C13H11Br3FN/c1-8-11(6-14)18(13(16)12(8)15)7-9-2-4-10(17)5-3-9/h2-5H,6-7H2,1H3. The Morgan fingerprint density at radius 3 is 2.33 bits per heavy atom. The van der Waals surface area contributed by atoms with Gasteiger partial charge in [-0.1, -0.05) is 28.1 Å². The molecule has 0 unspecified atom stereocenters. The van der Waals surface area contributed by atoms with E-state index in [9.17, 15) is 4.39 Å². The van der Waals surface area contributed by atoms with Crippen LogP contribution in [0.15, 0.2) is 33.3 Å². The Hall–Kier alpha value is -0.130. The molecule has 0 saturated heterocycles. The number of hydrogen-bond acceptors (Lipinski definition) is 0. The molecule has 0 atom stereocenters. The van der Waals surface area contributed by atoms with Gasteiger partial charge in [0.15, 0.2) is 0 Å². The molecule has 18 heavy (non-hydrogen) atoms. The first-order valence-corrected chi connectivity index (χ1v) is 8.08. The molecule has 0 aliphatic carbocycles. The number of nitrogens with zero attached hydrogens (tertiary/aromatic N) is 1. The second-order valence-corrected chi connectivity index (χ2v) is 6.13. The smallest absolute Gasteiger partial charge is 0.123 e. The van der Waals surface area contributed by atoms with Gasteiger partial charge in [0, 0.05) is 17.6 Å². The van der Waals surface area contributed by atoms with Gasteiger partial charge < -0.3 is 4.57 Å². The largest absolute Gasteiger partial charge is 0.333 e. The van der Waals surface area contributed by atoms with Crippen molar-refractivity contribution in [3.8, 4) is 0 Å². The minimum Gasteiger partial charge on any atom is -0.333 e. The Morgan fingerprint density at radius 2 is 1.78 bits per heavy atom. The Morgan fingerprint density at radius 1 is 1.17 bits per heavy atom. The van der Waals surface area contributed by atoms with Gasteiger partial charge in [-0.15, -0.1) is 0 Å². The van der Waals surface area contributed by atoms with Crippen LogP contribution in [0.3, 0.4) is 0 Å². The van der Waals surface area contributed by atoms with E-state index in [1.165, 1.54) is 23.4 Å². The molecule has 2 rings (SSSR count). The third-order valence-corrected chi connectivity index (χ3v) is 5.74. The summed E-state index contributed by atoms with van der Waals surface area (Å²) in [6.07, 6.45) is 0. The lowest BCUT2D eigenvalue weighted by atomic mass is 10.2. The summed E-state index contributed by atoms with van der Waals surface area (Å²) in [4.78, 5) is 0. The number of hydrogen-bond donors (Lipinski definition) is 0. The molecule has 0 amide bonds. The summed E-state index contributed by atoms with van der Waals surface area (Å²) in [6.45, 7) is 2.79. The van der Waals surface area contributed by atoms with Crippen molar-refractivity contribution in [1.82, 2.24) is 4.57 Å². The van der Waals surface area contributed by atoms with E-state index in [4.69, 9.17) is 0 Å². The van der Waals surface area contributed by atoms with Gasteiger partial charge in [-0.05, 0) is 62.0 Å². The summed E-state index contributed by atoms with van der Waals surface area (Å²) in [6, 6.07) is 6.59. The highest BCUT2D eigenvalue weighted by Gasteiger charge is 2.15. The summed E-state index contributed by atoms with van der Waals surface area (Å²) in [5.41, 5.74) is 3.49. The van der Waals surface area contributed by atoms with Crippen LogP contribution in [0.4, 0.5) is 4.39 Å². The van der Waals surface area contributed by atoms with Crippen LogP contribution in [0.2, 0.25) is 0 Å². The average Bonchev–Trinajstić information content (AvgIpc) is 2.57. The number of rotatable bonds is 3. The number of aromatic nitrogens is 1. The van der Waals surface area contributed by atoms with Gasteiger partial charge >= 0.3 is 0 Å². The highest BCUT2D eigenvalue weighted by molar-refractivity contribution is 9.13. The number of halogens is 4. The van der Waals surface area contributed by atoms with Gasteiger partial charge in [0.1, 0.15) is 5.82 Å². The number of alkyl halides is 1. The normalized spacial score (nSPS) is 10.9. The Kier molecular flexibility index (Phi) is 4.67. The van der Waals surface area contributed by atoms with E-state index in [1.807, 2.05) is 12.1 Å². The van der Waals surface area contributed by atoms with Crippen molar-refractivity contribution in [1.29, 1.82) is 0 Å². The molecule has 0 spiro atoms. The van der Waals surface area contributed by atoms with Crippen molar-refractivity contribution in [3.05, 3.63) is 56.0 Å². The highest BCUT2D eigenvalue weighted by Crippen LogP contribution is 2.33. The van der Waals surface area contributed by atoms with E-state index in [0.29, 0.717) is 6.54 Å². The molecule has 0 radical (unpaired) electrons. The highest BCUT2D eigenvalue weighted by atomic mass is 79.9. The van der Waals surface area contributed by atoms with Gasteiger partial charge in [-0.2, -0.15) is 0 Å². The van der Waals surface area contributed by atoms with Crippen LogP contribution in [0.1, 0.15) is 16.8 Å². The van der Waals surface area contributed by atoms with Crippen LogP contribution in [0.25, 0.3) is 0 Å². The maximum atomic E-state index is 12.9. The van der Waals surface area contributed by atoms with E-state index in [1.54, 1.807) is 0 Å². The zero-order valence-electron chi connectivity index (χ0n) is 9.68. The van der Waals surface area contributed by atoms with Gasteiger partial charge in [0.05, 0.1) is 9.08 Å². The lowest BCUT2D eigenvalue weighted by Gasteiger charge is -2.10. The van der Waals surface area contributed by atoms with E-state index in [2.05, 4.69) is 59.3 Å². The van der Waals surface area contributed by atoms with Crippen LogP contribution < -0.4 is 0 Å². The van der Waals surface area contributed by atoms with Crippen molar-refractivity contribution in [3.63, 3.8) is 0 Å². The third kappa shape index (κ3) is 2.73. The fraction of sp³-hybridized carbons (Fsp3) is 0.231. The van der Waals surface area contributed by atoms with Crippen LogP contribution in [-0.4, -0.2) is 4.57 Å². The topological polar surface area (TPSA) is 4.93 Å².